The Morgan fingerprint density at radius 3 is 2.04 bits per heavy atom. The molecule has 0 fully saturated rings. The highest BCUT2D eigenvalue weighted by atomic mass is 16.3. The van der Waals surface area contributed by atoms with Crippen LogP contribution in [0.25, 0.3) is 21.5 Å². The zero-order valence-corrected chi connectivity index (χ0v) is 13.0. The molecule has 0 saturated carbocycles. The smallest absolute Gasteiger partial charge is 0.116 e. The molecular weight excluding hydrogens is 300 g/mol. The average Bonchev–Trinajstić information content (AvgIpc) is 2.56. The van der Waals surface area contributed by atoms with E-state index in [9.17, 15) is 10.2 Å². The number of phenols is 2. The molecule has 4 heteroatoms. The normalized spacial score (nSPS) is 10.3. The first-order valence-corrected chi connectivity index (χ1v) is 7.48. The van der Waals surface area contributed by atoms with Crippen LogP contribution in [-0.4, -0.2) is 10.2 Å². The maximum atomic E-state index is 9.20. The van der Waals surface area contributed by atoms with E-state index in [4.69, 9.17) is 11.5 Å². The SMILES string of the molecule is Nc1ccc2ccc(O)cc2c1.Nc1cccc2ccc(O)cc12. The van der Waals surface area contributed by atoms with Crippen LogP contribution in [0.5, 0.6) is 11.5 Å². The largest absolute Gasteiger partial charge is 0.508 e. The molecule has 4 aromatic rings. The first-order chi connectivity index (χ1) is 11.5. The van der Waals surface area contributed by atoms with Crippen LogP contribution in [0.1, 0.15) is 0 Å². The molecule has 4 nitrogen and oxygen atoms in total. The van der Waals surface area contributed by atoms with Crippen molar-refractivity contribution in [3.63, 3.8) is 0 Å². The lowest BCUT2D eigenvalue weighted by molar-refractivity contribution is 0.475. The highest BCUT2D eigenvalue weighted by Gasteiger charge is 1.97. The molecule has 0 radical (unpaired) electrons. The van der Waals surface area contributed by atoms with Crippen molar-refractivity contribution in [3.8, 4) is 11.5 Å². The second kappa shape index (κ2) is 6.38. The van der Waals surface area contributed by atoms with Crippen molar-refractivity contribution in [1.82, 2.24) is 0 Å². The van der Waals surface area contributed by atoms with Gasteiger partial charge in [0.2, 0.25) is 0 Å². The third-order valence-electron chi connectivity index (χ3n) is 3.75. The molecular formula is C20H18N2O2. The van der Waals surface area contributed by atoms with Crippen molar-refractivity contribution in [2.45, 2.75) is 0 Å². The predicted molar refractivity (Wildman–Crippen MR) is 100 cm³/mol. The van der Waals surface area contributed by atoms with Gasteiger partial charge in [-0.2, -0.15) is 0 Å². The molecule has 0 atom stereocenters. The maximum Gasteiger partial charge on any atom is 0.116 e. The van der Waals surface area contributed by atoms with Gasteiger partial charge in [0.05, 0.1) is 0 Å². The molecule has 4 rings (SSSR count). The van der Waals surface area contributed by atoms with Gasteiger partial charge in [-0.05, 0) is 58.6 Å². The fourth-order valence-electron chi connectivity index (χ4n) is 2.54. The Morgan fingerprint density at radius 1 is 0.583 bits per heavy atom. The van der Waals surface area contributed by atoms with Crippen LogP contribution >= 0.6 is 0 Å². The minimum Gasteiger partial charge on any atom is -0.508 e. The Bertz CT molecular complexity index is 976. The van der Waals surface area contributed by atoms with Crippen LogP contribution in [-0.2, 0) is 0 Å². The van der Waals surface area contributed by atoms with E-state index in [0.29, 0.717) is 11.4 Å². The van der Waals surface area contributed by atoms with Crippen LogP contribution in [0.3, 0.4) is 0 Å². The van der Waals surface area contributed by atoms with Gasteiger partial charge in [-0.25, -0.2) is 0 Å². The van der Waals surface area contributed by atoms with Crippen LogP contribution < -0.4 is 11.5 Å². The molecule has 0 spiro atoms. The second-order valence-electron chi connectivity index (χ2n) is 5.54. The average molecular weight is 318 g/mol. The lowest BCUT2D eigenvalue weighted by Crippen LogP contribution is -1.85. The third kappa shape index (κ3) is 3.33. The topological polar surface area (TPSA) is 92.5 Å². The fourth-order valence-corrected chi connectivity index (χ4v) is 2.54. The van der Waals surface area contributed by atoms with Gasteiger partial charge in [0, 0.05) is 16.8 Å². The number of nitrogen functional groups attached to an aromatic ring is 2. The number of benzene rings is 4. The molecule has 0 bridgehead atoms. The van der Waals surface area contributed by atoms with E-state index >= 15 is 0 Å². The highest BCUT2D eigenvalue weighted by molar-refractivity contribution is 5.93. The van der Waals surface area contributed by atoms with Crippen molar-refractivity contribution in [3.05, 3.63) is 72.8 Å². The second-order valence-corrected chi connectivity index (χ2v) is 5.54. The Balaban J connectivity index is 0.000000141. The number of anilines is 2. The highest BCUT2D eigenvalue weighted by Crippen LogP contribution is 2.24. The third-order valence-corrected chi connectivity index (χ3v) is 3.75. The van der Waals surface area contributed by atoms with Crippen LogP contribution in [0.2, 0.25) is 0 Å². The molecule has 0 aliphatic heterocycles. The van der Waals surface area contributed by atoms with Crippen molar-refractivity contribution >= 4 is 32.9 Å². The monoisotopic (exact) mass is 318 g/mol. The van der Waals surface area contributed by atoms with E-state index in [1.54, 1.807) is 24.3 Å². The Kier molecular flexibility index (Phi) is 4.12. The van der Waals surface area contributed by atoms with Gasteiger partial charge in [0.1, 0.15) is 11.5 Å². The Labute approximate surface area is 139 Å². The van der Waals surface area contributed by atoms with E-state index in [1.807, 2.05) is 48.5 Å². The molecule has 4 aromatic carbocycles. The van der Waals surface area contributed by atoms with Crippen molar-refractivity contribution in [2.24, 2.45) is 0 Å². The summed E-state index contributed by atoms with van der Waals surface area (Å²) in [7, 11) is 0. The minimum atomic E-state index is 0.250. The summed E-state index contributed by atoms with van der Waals surface area (Å²) in [5.74, 6) is 0.522. The van der Waals surface area contributed by atoms with E-state index in [2.05, 4.69) is 0 Å². The summed E-state index contributed by atoms with van der Waals surface area (Å²) in [6.45, 7) is 0. The van der Waals surface area contributed by atoms with Gasteiger partial charge >= 0.3 is 0 Å². The molecule has 0 unspecified atom stereocenters. The number of phenolic OH excluding ortho intramolecular Hbond substituents is 2. The van der Waals surface area contributed by atoms with E-state index < -0.39 is 0 Å². The summed E-state index contributed by atoms with van der Waals surface area (Å²) < 4.78 is 0. The number of nitrogens with two attached hydrogens (primary N) is 2. The minimum absolute atomic E-state index is 0.250. The molecule has 0 saturated heterocycles. The van der Waals surface area contributed by atoms with E-state index in [-0.39, 0.29) is 11.5 Å². The summed E-state index contributed by atoms with van der Waals surface area (Å²) in [5.41, 5.74) is 12.7. The summed E-state index contributed by atoms with van der Waals surface area (Å²) in [5, 5.41) is 22.4. The van der Waals surface area contributed by atoms with Crippen molar-refractivity contribution in [1.29, 1.82) is 0 Å². The lowest BCUT2D eigenvalue weighted by atomic mass is 10.1. The fraction of sp³-hybridized carbons (Fsp3) is 0. The number of aromatic hydroxyl groups is 2. The summed E-state index contributed by atoms with van der Waals surface area (Å²) in [6.07, 6.45) is 0. The van der Waals surface area contributed by atoms with E-state index in [0.717, 1.165) is 21.5 Å². The zero-order valence-electron chi connectivity index (χ0n) is 13.0. The van der Waals surface area contributed by atoms with Gasteiger partial charge in [0.15, 0.2) is 0 Å². The molecule has 0 amide bonds. The van der Waals surface area contributed by atoms with Crippen LogP contribution in [0.15, 0.2) is 72.8 Å². The van der Waals surface area contributed by atoms with Gasteiger partial charge in [-0.1, -0.05) is 30.3 Å². The molecule has 0 heterocycles. The molecule has 0 aromatic heterocycles. The summed E-state index contributed by atoms with van der Waals surface area (Å²) >= 11 is 0. The molecule has 6 N–H and O–H groups in total. The molecule has 24 heavy (non-hydrogen) atoms. The number of rotatable bonds is 0. The van der Waals surface area contributed by atoms with Crippen LogP contribution in [0, 0.1) is 0 Å². The van der Waals surface area contributed by atoms with Gasteiger partial charge < -0.3 is 21.7 Å². The quantitative estimate of drug-likeness (QED) is 0.365. The number of hydrogen-bond acceptors (Lipinski definition) is 4. The van der Waals surface area contributed by atoms with Crippen LogP contribution in [0.4, 0.5) is 11.4 Å². The Hall–Kier alpha value is -3.40. The summed E-state index contributed by atoms with van der Waals surface area (Å²) in [4.78, 5) is 0. The lowest BCUT2D eigenvalue weighted by Gasteiger charge is -2.01. The van der Waals surface area contributed by atoms with Gasteiger partial charge in [-0.15, -0.1) is 0 Å². The molecule has 0 aliphatic rings. The van der Waals surface area contributed by atoms with Crippen molar-refractivity contribution in [2.75, 3.05) is 11.5 Å². The number of fused-ring (bicyclic) bond motifs is 2. The van der Waals surface area contributed by atoms with Gasteiger partial charge in [0.25, 0.3) is 0 Å². The van der Waals surface area contributed by atoms with E-state index in [1.165, 1.54) is 0 Å². The standard InChI is InChI=1S/2C10H9NO/c11-9-3-1-7-2-4-10(12)6-8(7)5-9;11-10-3-1-2-7-4-5-8(12)6-9(7)10/h2*1-6,12H,11H2. The predicted octanol–water partition coefficient (Wildman–Crippen LogP) is 4.26. The van der Waals surface area contributed by atoms with Crippen molar-refractivity contribution < 1.29 is 10.2 Å². The zero-order chi connectivity index (χ0) is 17.1. The molecule has 0 aliphatic carbocycles. The van der Waals surface area contributed by atoms with Gasteiger partial charge in [-0.3, -0.25) is 0 Å². The maximum absolute atomic E-state index is 9.20. The Morgan fingerprint density at radius 2 is 1.25 bits per heavy atom. The first kappa shape index (κ1) is 15.5. The number of hydrogen-bond donors (Lipinski definition) is 4. The summed E-state index contributed by atoms with van der Waals surface area (Å²) in [6, 6.07) is 21.7. The first-order valence-electron chi connectivity index (χ1n) is 7.48. The molecule has 120 valence electrons.